The number of rotatable bonds is 8. The molecule has 20 heavy (non-hydrogen) atoms. The van der Waals surface area contributed by atoms with Crippen molar-refractivity contribution in [3.8, 4) is 0 Å². The summed E-state index contributed by atoms with van der Waals surface area (Å²) < 4.78 is 0. The Labute approximate surface area is 122 Å². The van der Waals surface area contributed by atoms with E-state index in [9.17, 15) is 4.79 Å². The van der Waals surface area contributed by atoms with Crippen LogP contribution < -0.4 is 16.0 Å². The van der Waals surface area contributed by atoms with E-state index in [4.69, 9.17) is 5.73 Å². The number of hydrogen-bond donors (Lipinski definition) is 2. The summed E-state index contributed by atoms with van der Waals surface area (Å²) in [4.78, 5) is 13.8. The molecule has 0 aliphatic heterocycles. The fraction of sp³-hybridized carbons (Fsp3) is 0.562. The molecule has 0 aromatic heterocycles. The number of hydrogen-bond acceptors (Lipinski definition) is 3. The van der Waals surface area contributed by atoms with Gasteiger partial charge in [-0.2, -0.15) is 0 Å². The first-order valence-corrected chi connectivity index (χ1v) is 7.22. The van der Waals surface area contributed by atoms with E-state index in [2.05, 4.69) is 42.3 Å². The topological polar surface area (TPSA) is 58.4 Å². The third-order valence-electron chi connectivity index (χ3n) is 3.70. The normalized spacial score (nSPS) is 13.8. The number of benzene rings is 1. The molecule has 0 heterocycles. The minimum absolute atomic E-state index is 0.288. The first kappa shape index (κ1) is 16.5. The quantitative estimate of drug-likeness (QED) is 0.765. The summed E-state index contributed by atoms with van der Waals surface area (Å²) >= 11 is 0. The van der Waals surface area contributed by atoms with E-state index in [-0.39, 0.29) is 5.91 Å². The molecule has 0 aliphatic carbocycles. The van der Waals surface area contributed by atoms with E-state index in [0.29, 0.717) is 6.42 Å². The molecule has 4 heteroatoms. The molecule has 1 aromatic rings. The van der Waals surface area contributed by atoms with Crippen LogP contribution in [0.5, 0.6) is 0 Å². The average molecular weight is 277 g/mol. The maximum absolute atomic E-state index is 11.7. The molecule has 0 spiro atoms. The highest BCUT2D eigenvalue weighted by molar-refractivity contribution is 5.84. The van der Waals surface area contributed by atoms with E-state index in [1.807, 2.05) is 20.0 Å². The highest BCUT2D eigenvalue weighted by atomic mass is 16.1. The Hall–Kier alpha value is -1.55. The zero-order chi connectivity index (χ0) is 15.2. The van der Waals surface area contributed by atoms with Crippen LogP contribution in [-0.2, 0) is 4.79 Å². The zero-order valence-corrected chi connectivity index (χ0v) is 13.1. The number of primary amides is 1. The molecule has 0 fully saturated rings. The van der Waals surface area contributed by atoms with E-state index in [1.54, 1.807) is 0 Å². The molecule has 1 atom stereocenters. The van der Waals surface area contributed by atoms with Crippen LogP contribution in [0.2, 0.25) is 0 Å². The smallest absolute Gasteiger partial charge is 0.237 e. The van der Waals surface area contributed by atoms with Crippen LogP contribution in [0.25, 0.3) is 0 Å². The number of anilines is 1. The van der Waals surface area contributed by atoms with Crippen LogP contribution in [0, 0.1) is 6.92 Å². The maximum Gasteiger partial charge on any atom is 0.237 e. The van der Waals surface area contributed by atoms with Gasteiger partial charge in [0.05, 0.1) is 5.54 Å². The molecule has 0 aliphatic rings. The average Bonchev–Trinajstić information content (AvgIpc) is 2.42. The molecule has 112 valence electrons. The van der Waals surface area contributed by atoms with Crippen molar-refractivity contribution in [2.24, 2.45) is 5.73 Å². The molecule has 1 rings (SSSR count). The zero-order valence-electron chi connectivity index (χ0n) is 13.1. The molecule has 0 saturated heterocycles. The summed E-state index contributed by atoms with van der Waals surface area (Å²) in [5.41, 5.74) is 7.29. The largest absolute Gasteiger partial charge is 0.375 e. The van der Waals surface area contributed by atoms with Gasteiger partial charge in [0.25, 0.3) is 0 Å². The van der Waals surface area contributed by atoms with Crippen LogP contribution in [-0.4, -0.2) is 31.6 Å². The fourth-order valence-electron chi connectivity index (χ4n) is 2.09. The molecule has 0 saturated carbocycles. The lowest BCUT2D eigenvalue weighted by atomic mass is 9.96. The Morgan fingerprint density at radius 2 is 2.15 bits per heavy atom. The summed E-state index contributed by atoms with van der Waals surface area (Å²) in [5, 5.41) is 3.26. The van der Waals surface area contributed by atoms with Gasteiger partial charge >= 0.3 is 0 Å². The highest BCUT2D eigenvalue weighted by Gasteiger charge is 2.30. The van der Waals surface area contributed by atoms with E-state index in [0.717, 1.165) is 25.2 Å². The number of carbonyl (C=O) groups excluding carboxylic acids is 1. The number of aryl methyl sites for hydroxylation is 1. The number of carbonyl (C=O) groups is 1. The Balaban J connectivity index is 2.65. The lowest BCUT2D eigenvalue weighted by Crippen LogP contribution is -2.54. The summed E-state index contributed by atoms with van der Waals surface area (Å²) in [7, 11) is 2.04. The van der Waals surface area contributed by atoms with Gasteiger partial charge in [-0.15, -0.1) is 0 Å². The van der Waals surface area contributed by atoms with Crippen molar-refractivity contribution < 1.29 is 4.79 Å². The maximum atomic E-state index is 11.7. The van der Waals surface area contributed by atoms with Gasteiger partial charge in [0.15, 0.2) is 0 Å². The summed E-state index contributed by atoms with van der Waals surface area (Å²) in [6.07, 6.45) is 1.67. The minimum atomic E-state index is -0.645. The molecule has 0 bridgehead atoms. The second-order valence-electron chi connectivity index (χ2n) is 5.63. The van der Waals surface area contributed by atoms with Crippen LogP contribution in [0.15, 0.2) is 24.3 Å². The second-order valence-corrected chi connectivity index (χ2v) is 5.63. The van der Waals surface area contributed by atoms with Crippen molar-refractivity contribution in [2.75, 3.05) is 25.0 Å². The standard InChI is InChI=1S/C16H27N3O/c1-5-10-18-16(3,15(17)20)9-11-19(4)14-8-6-7-13(2)12-14/h6-8,12,18H,5,9-11H2,1-4H3,(H2,17,20). The van der Waals surface area contributed by atoms with Crippen LogP contribution in [0.1, 0.15) is 32.3 Å². The molecular weight excluding hydrogens is 250 g/mol. The predicted molar refractivity (Wildman–Crippen MR) is 85.0 cm³/mol. The van der Waals surface area contributed by atoms with Gasteiger partial charge in [0.1, 0.15) is 0 Å². The van der Waals surface area contributed by atoms with Crippen molar-refractivity contribution in [3.63, 3.8) is 0 Å². The van der Waals surface area contributed by atoms with Gasteiger partial charge in [0, 0.05) is 19.3 Å². The Kier molecular flexibility index (Phi) is 6.02. The number of amides is 1. The SMILES string of the molecule is CCCNC(C)(CCN(C)c1cccc(C)c1)C(N)=O. The molecule has 4 nitrogen and oxygen atoms in total. The van der Waals surface area contributed by atoms with E-state index < -0.39 is 5.54 Å². The van der Waals surface area contributed by atoms with Crippen LogP contribution in [0.3, 0.4) is 0 Å². The minimum Gasteiger partial charge on any atom is -0.375 e. The molecule has 1 amide bonds. The number of nitrogens with one attached hydrogen (secondary N) is 1. The lowest BCUT2D eigenvalue weighted by Gasteiger charge is -2.30. The molecule has 3 N–H and O–H groups in total. The lowest BCUT2D eigenvalue weighted by molar-refractivity contribution is -0.124. The number of nitrogens with zero attached hydrogens (tertiary/aromatic N) is 1. The van der Waals surface area contributed by atoms with E-state index in [1.165, 1.54) is 5.56 Å². The predicted octanol–water partition coefficient (Wildman–Crippen LogP) is 2.06. The first-order chi connectivity index (χ1) is 9.39. The molecule has 0 radical (unpaired) electrons. The van der Waals surface area contributed by atoms with Crippen molar-refractivity contribution in [3.05, 3.63) is 29.8 Å². The van der Waals surface area contributed by atoms with E-state index >= 15 is 0 Å². The van der Waals surface area contributed by atoms with Gasteiger partial charge < -0.3 is 16.0 Å². The van der Waals surface area contributed by atoms with Gasteiger partial charge in [0.2, 0.25) is 5.91 Å². The van der Waals surface area contributed by atoms with Crippen LogP contribution in [0.4, 0.5) is 5.69 Å². The third kappa shape index (κ3) is 4.53. The van der Waals surface area contributed by atoms with Crippen molar-refractivity contribution in [1.82, 2.24) is 5.32 Å². The second kappa shape index (κ2) is 7.29. The van der Waals surface area contributed by atoms with Crippen molar-refractivity contribution in [1.29, 1.82) is 0 Å². The number of nitrogens with two attached hydrogens (primary N) is 1. The Morgan fingerprint density at radius 3 is 2.70 bits per heavy atom. The molecular formula is C16H27N3O. The summed E-state index contributed by atoms with van der Waals surface area (Å²) in [6, 6.07) is 8.34. The Morgan fingerprint density at radius 1 is 1.45 bits per heavy atom. The molecule has 1 unspecified atom stereocenters. The summed E-state index contributed by atoms with van der Waals surface area (Å²) in [6.45, 7) is 7.61. The van der Waals surface area contributed by atoms with Crippen LogP contribution >= 0.6 is 0 Å². The van der Waals surface area contributed by atoms with Gasteiger partial charge in [-0.3, -0.25) is 4.79 Å². The van der Waals surface area contributed by atoms with Gasteiger partial charge in [-0.1, -0.05) is 19.1 Å². The third-order valence-corrected chi connectivity index (χ3v) is 3.70. The monoisotopic (exact) mass is 277 g/mol. The molecule has 1 aromatic carbocycles. The first-order valence-electron chi connectivity index (χ1n) is 7.22. The van der Waals surface area contributed by atoms with Gasteiger partial charge in [-0.05, 0) is 50.9 Å². The Bertz CT molecular complexity index is 447. The summed E-state index contributed by atoms with van der Waals surface area (Å²) in [5.74, 6) is -0.288. The van der Waals surface area contributed by atoms with Crippen molar-refractivity contribution in [2.45, 2.75) is 39.2 Å². The fourth-order valence-corrected chi connectivity index (χ4v) is 2.09. The highest BCUT2D eigenvalue weighted by Crippen LogP contribution is 2.17. The van der Waals surface area contributed by atoms with Gasteiger partial charge in [-0.25, -0.2) is 0 Å². The van der Waals surface area contributed by atoms with Crippen molar-refractivity contribution >= 4 is 11.6 Å².